The van der Waals surface area contributed by atoms with Gasteiger partial charge in [-0.15, -0.1) is 0 Å². The third-order valence-corrected chi connectivity index (χ3v) is 3.38. The van der Waals surface area contributed by atoms with Crippen molar-refractivity contribution in [3.05, 3.63) is 72.2 Å². The number of pyridine rings is 1. The third kappa shape index (κ3) is 3.83. The molecular weight excluding hydrogens is 295 g/mol. The molecule has 1 heterocycles. The zero-order valence-electron chi connectivity index (χ0n) is 12.3. The molecule has 0 aliphatic rings. The molecule has 0 saturated heterocycles. The summed E-state index contributed by atoms with van der Waals surface area (Å²) in [7, 11) is 0. The fourth-order valence-corrected chi connectivity index (χ4v) is 2.18. The van der Waals surface area contributed by atoms with Gasteiger partial charge < -0.3 is 10.1 Å². The quantitative estimate of drug-likeness (QED) is 0.788. The van der Waals surface area contributed by atoms with Gasteiger partial charge in [-0.05, 0) is 30.3 Å². The van der Waals surface area contributed by atoms with Crippen molar-refractivity contribution >= 4 is 16.8 Å². The molecule has 5 heteroatoms. The Balaban J connectivity index is 1.54. The molecule has 0 bridgehead atoms. The number of hydrogen-bond acceptors (Lipinski definition) is 3. The lowest BCUT2D eigenvalue weighted by Crippen LogP contribution is -2.28. The number of carbonyl (C=O) groups is 1. The number of amides is 1. The molecule has 0 fully saturated rings. The maximum Gasteiger partial charge on any atom is 0.258 e. The smallest absolute Gasteiger partial charge is 0.258 e. The fourth-order valence-electron chi connectivity index (χ4n) is 2.18. The van der Waals surface area contributed by atoms with E-state index in [1.807, 2.05) is 24.3 Å². The summed E-state index contributed by atoms with van der Waals surface area (Å²) in [5.74, 6) is -0.0539. The summed E-state index contributed by atoms with van der Waals surface area (Å²) in [5.41, 5.74) is 1.31. The number of rotatable bonds is 5. The Morgan fingerprint density at radius 3 is 2.87 bits per heavy atom. The van der Waals surface area contributed by atoms with E-state index in [1.54, 1.807) is 30.5 Å². The van der Waals surface area contributed by atoms with E-state index in [0.29, 0.717) is 11.3 Å². The lowest BCUT2D eigenvalue weighted by Gasteiger charge is -2.08. The number of ether oxygens (including phenoxy) is 1. The van der Waals surface area contributed by atoms with E-state index in [4.69, 9.17) is 4.74 Å². The molecule has 0 radical (unpaired) electrons. The summed E-state index contributed by atoms with van der Waals surface area (Å²) in [6.07, 6.45) is 1.72. The number of halogens is 1. The van der Waals surface area contributed by atoms with Crippen LogP contribution in [-0.4, -0.2) is 17.5 Å². The summed E-state index contributed by atoms with van der Waals surface area (Å²) < 4.78 is 18.9. The van der Waals surface area contributed by atoms with E-state index in [0.717, 1.165) is 10.9 Å². The minimum absolute atomic E-state index is 0.125. The molecule has 0 unspecified atom stereocenters. The molecule has 4 nitrogen and oxygen atoms in total. The standard InChI is InChI=1S/C18H15FN2O2/c19-16-6-2-1-4-14(16)11-21-18(22)12-23-15-7-8-17-13(10-15)5-3-9-20-17/h1-10H,11-12H2,(H,21,22). The largest absolute Gasteiger partial charge is 0.484 e. The second-order valence-electron chi connectivity index (χ2n) is 5.01. The molecule has 0 aliphatic heterocycles. The average molecular weight is 310 g/mol. The molecule has 2 aromatic carbocycles. The molecule has 3 aromatic rings. The summed E-state index contributed by atoms with van der Waals surface area (Å²) >= 11 is 0. The Morgan fingerprint density at radius 2 is 2.00 bits per heavy atom. The van der Waals surface area contributed by atoms with E-state index in [1.165, 1.54) is 6.07 Å². The Bertz CT molecular complexity index is 836. The number of nitrogens with one attached hydrogen (secondary N) is 1. The second-order valence-corrected chi connectivity index (χ2v) is 5.01. The maximum absolute atomic E-state index is 13.5. The van der Waals surface area contributed by atoms with Crippen LogP contribution in [-0.2, 0) is 11.3 Å². The predicted octanol–water partition coefficient (Wildman–Crippen LogP) is 3.07. The molecule has 0 atom stereocenters. The van der Waals surface area contributed by atoms with Gasteiger partial charge in [0.25, 0.3) is 5.91 Å². The van der Waals surface area contributed by atoms with E-state index >= 15 is 0 Å². The van der Waals surface area contributed by atoms with Gasteiger partial charge in [0.2, 0.25) is 0 Å². The normalized spacial score (nSPS) is 10.5. The number of hydrogen-bond donors (Lipinski definition) is 1. The van der Waals surface area contributed by atoms with Crippen molar-refractivity contribution in [2.75, 3.05) is 6.61 Å². The second kappa shape index (κ2) is 6.87. The van der Waals surface area contributed by atoms with Gasteiger partial charge in [0.05, 0.1) is 5.52 Å². The van der Waals surface area contributed by atoms with Crippen molar-refractivity contribution in [1.29, 1.82) is 0 Å². The zero-order valence-corrected chi connectivity index (χ0v) is 12.3. The number of benzene rings is 2. The molecular formula is C18H15FN2O2. The number of carbonyl (C=O) groups excluding carboxylic acids is 1. The van der Waals surface area contributed by atoms with Crippen LogP contribution in [0.1, 0.15) is 5.56 Å². The van der Waals surface area contributed by atoms with Gasteiger partial charge in [0.15, 0.2) is 6.61 Å². The Morgan fingerprint density at radius 1 is 1.13 bits per heavy atom. The van der Waals surface area contributed by atoms with Gasteiger partial charge in [-0.3, -0.25) is 9.78 Å². The molecule has 23 heavy (non-hydrogen) atoms. The lowest BCUT2D eigenvalue weighted by atomic mass is 10.2. The van der Waals surface area contributed by atoms with E-state index in [2.05, 4.69) is 10.3 Å². The Hall–Kier alpha value is -2.95. The van der Waals surface area contributed by atoms with Crippen LogP contribution in [0.4, 0.5) is 4.39 Å². The van der Waals surface area contributed by atoms with E-state index in [9.17, 15) is 9.18 Å². The van der Waals surface area contributed by atoms with E-state index in [-0.39, 0.29) is 24.9 Å². The van der Waals surface area contributed by atoms with Gasteiger partial charge in [-0.25, -0.2) is 4.39 Å². The highest BCUT2D eigenvalue weighted by Crippen LogP contribution is 2.18. The van der Waals surface area contributed by atoms with Gasteiger partial charge >= 0.3 is 0 Å². The van der Waals surface area contributed by atoms with Gasteiger partial charge in [0, 0.05) is 23.7 Å². The Kier molecular flexibility index (Phi) is 4.47. The minimum atomic E-state index is -0.337. The molecule has 0 spiro atoms. The number of fused-ring (bicyclic) bond motifs is 1. The van der Waals surface area contributed by atoms with Crippen molar-refractivity contribution in [2.24, 2.45) is 0 Å². The molecule has 1 amide bonds. The average Bonchev–Trinajstić information content (AvgIpc) is 2.59. The summed E-state index contributed by atoms with van der Waals surface area (Å²) in [6, 6.07) is 15.5. The monoisotopic (exact) mass is 310 g/mol. The van der Waals surface area contributed by atoms with Gasteiger partial charge in [-0.1, -0.05) is 24.3 Å². The number of nitrogens with zero attached hydrogens (tertiary/aromatic N) is 1. The minimum Gasteiger partial charge on any atom is -0.484 e. The van der Waals surface area contributed by atoms with E-state index < -0.39 is 0 Å². The summed E-state index contributed by atoms with van der Waals surface area (Å²) in [4.78, 5) is 16.0. The third-order valence-electron chi connectivity index (χ3n) is 3.38. The zero-order chi connectivity index (χ0) is 16.1. The molecule has 116 valence electrons. The van der Waals surface area contributed by atoms with Crippen LogP contribution in [0.5, 0.6) is 5.75 Å². The molecule has 1 aromatic heterocycles. The van der Waals surface area contributed by atoms with Gasteiger partial charge in [0.1, 0.15) is 11.6 Å². The highest BCUT2D eigenvalue weighted by Gasteiger charge is 2.06. The Labute approximate surface area is 132 Å². The van der Waals surface area contributed by atoms with Crippen molar-refractivity contribution < 1.29 is 13.9 Å². The maximum atomic E-state index is 13.5. The van der Waals surface area contributed by atoms with Crippen molar-refractivity contribution in [3.8, 4) is 5.75 Å². The van der Waals surface area contributed by atoms with Crippen LogP contribution in [0.15, 0.2) is 60.8 Å². The highest BCUT2D eigenvalue weighted by atomic mass is 19.1. The first-order chi connectivity index (χ1) is 11.2. The van der Waals surface area contributed by atoms with Crippen molar-refractivity contribution in [2.45, 2.75) is 6.54 Å². The number of aromatic nitrogens is 1. The van der Waals surface area contributed by atoms with Crippen LogP contribution in [0.25, 0.3) is 10.9 Å². The van der Waals surface area contributed by atoms with Crippen LogP contribution in [0.2, 0.25) is 0 Å². The summed E-state index contributed by atoms with van der Waals surface area (Å²) in [6.45, 7) is 0.0106. The summed E-state index contributed by atoms with van der Waals surface area (Å²) in [5, 5.41) is 3.57. The lowest BCUT2D eigenvalue weighted by molar-refractivity contribution is -0.123. The van der Waals surface area contributed by atoms with Crippen LogP contribution < -0.4 is 10.1 Å². The highest BCUT2D eigenvalue weighted by molar-refractivity contribution is 5.80. The first-order valence-electron chi connectivity index (χ1n) is 7.20. The van der Waals surface area contributed by atoms with Crippen LogP contribution >= 0.6 is 0 Å². The van der Waals surface area contributed by atoms with Crippen molar-refractivity contribution in [1.82, 2.24) is 10.3 Å². The SMILES string of the molecule is O=C(COc1ccc2ncccc2c1)NCc1ccccc1F. The molecule has 3 rings (SSSR count). The van der Waals surface area contributed by atoms with Crippen LogP contribution in [0.3, 0.4) is 0 Å². The molecule has 0 saturated carbocycles. The molecule has 0 aliphatic carbocycles. The van der Waals surface area contributed by atoms with Crippen molar-refractivity contribution in [3.63, 3.8) is 0 Å². The fraction of sp³-hybridized carbons (Fsp3) is 0.111. The topological polar surface area (TPSA) is 51.2 Å². The first kappa shape index (κ1) is 15.0. The van der Waals surface area contributed by atoms with Gasteiger partial charge in [-0.2, -0.15) is 0 Å². The predicted molar refractivity (Wildman–Crippen MR) is 85.5 cm³/mol. The van der Waals surface area contributed by atoms with Crippen LogP contribution in [0, 0.1) is 5.82 Å². The molecule has 1 N–H and O–H groups in total. The first-order valence-corrected chi connectivity index (χ1v) is 7.20.